The van der Waals surface area contributed by atoms with Gasteiger partial charge in [0.15, 0.2) is 11.5 Å². The molecule has 2 aliphatic rings. The molecule has 2 N–H and O–H groups in total. The van der Waals surface area contributed by atoms with Gasteiger partial charge in [0.2, 0.25) is 12.7 Å². The third-order valence-electron chi connectivity index (χ3n) is 4.88. The average Bonchev–Trinajstić information content (AvgIpc) is 3.20. The highest BCUT2D eigenvalue weighted by atomic mass is 35.5. The van der Waals surface area contributed by atoms with E-state index in [1.54, 1.807) is 7.11 Å². The topological polar surface area (TPSA) is 74.0 Å². The van der Waals surface area contributed by atoms with Gasteiger partial charge in [0.25, 0.3) is 0 Å². The number of methoxy groups -OCH3 is 1. The lowest BCUT2D eigenvalue weighted by Gasteiger charge is -2.25. The Labute approximate surface area is 155 Å². The van der Waals surface area contributed by atoms with E-state index in [4.69, 9.17) is 19.9 Å². The third-order valence-corrected chi connectivity index (χ3v) is 4.88. The second-order valence-electron chi connectivity index (χ2n) is 6.55. The minimum absolute atomic E-state index is 0. The quantitative estimate of drug-likeness (QED) is 0.797. The number of amides is 1. The van der Waals surface area contributed by atoms with Gasteiger partial charge in [-0.1, -0.05) is 12.5 Å². The number of nitrogens with two attached hydrogens (primary N) is 1. The van der Waals surface area contributed by atoms with Crippen LogP contribution in [-0.2, 0) is 16.1 Å². The van der Waals surface area contributed by atoms with Crippen LogP contribution in [0.4, 0.5) is 0 Å². The summed E-state index contributed by atoms with van der Waals surface area (Å²) in [5.74, 6) is 1.95. The largest absolute Gasteiger partial charge is 0.454 e. The van der Waals surface area contributed by atoms with Crippen LogP contribution in [0.25, 0.3) is 0 Å². The minimum atomic E-state index is 0. The van der Waals surface area contributed by atoms with Crippen molar-refractivity contribution in [3.63, 3.8) is 0 Å². The SMILES string of the molecule is COCCN(Cc1ccc2c(c1)OCO2)C(=O)C[C@@H]1CCC[C@H]1N.Cl. The molecule has 1 aromatic rings. The fraction of sp³-hybridized carbons (Fsp3) is 0.611. The van der Waals surface area contributed by atoms with Crippen molar-refractivity contribution in [3.05, 3.63) is 23.8 Å². The van der Waals surface area contributed by atoms with Gasteiger partial charge in [0.1, 0.15) is 0 Å². The highest BCUT2D eigenvalue weighted by Crippen LogP contribution is 2.33. The summed E-state index contributed by atoms with van der Waals surface area (Å²) >= 11 is 0. The first kappa shape index (κ1) is 19.8. The van der Waals surface area contributed by atoms with Crippen LogP contribution in [0.2, 0.25) is 0 Å². The van der Waals surface area contributed by atoms with E-state index in [-0.39, 0.29) is 31.1 Å². The Morgan fingerprint density at radius 2 is 2.12 bits per heavy atom. The molecule has 0 aromatic heterocycles. The molecule has 1 fully saturated rings. The van der Waals surface area contributed by atoms with E-state index in [2.05, 4.69) is 0 Å². The molecule has 1 aromatic carbocycles. The number of halogens is 1. The zero-order chi connectivity index (χ0) is 16.9. The normalized spacial score (nSPS) is 21.0. The second kappa shape index (κ2) is 9.27. The first-order chi connectivity index (χ1) is 11.7. The van der Waals surface area contributed by atoms with Crippen LogP contribution < -0.4 is 15.2 Å². The van der Waals surface area contributed by atoms with Crippen LogP contribution in [-0.4, -0.2) is 43.9 Å². The first-order valence-electron chi connectivity index (χ1n) is 8.58. The van der Waals surface area contributed by atoms with Crippen LogP contribution in [0.15, 0.2) is 18.2 Å². The van der Waals surface area contributed by atoms with E-state index in [1.807, 2.05) is 23.1 Å². The van der Waals surface area contributed by atoms with E-state index in [1.165, 1.54) is 0 Å². The number of rotatable bonds is 7. The summed E-state index contributed by atoms with van der Waals surface area (Å²) in [7, 11) is 1.65. The van der Waals surface area contributed by atoms with Gasteiger partial charge < -0.3 is 24.8 Å². The van der Waals surface area contributed by atoms with Crippen molar-refractivity contribution < 1.29 is 19.0 Å². The molecular weight excluding hydrogens is 344 g/mol. The lowest BCUT2D eigenvalue weighted by atomic mass is 9.99. The summed E-state index contributed by atoms with van der Waals surface area (Å²) in [5.41, 5.74) is 7.14. The summed E-state index contributed by atoms with van der Waals surface area (Å²) in [6.45, 7) is 1.89. The predicted molar refractivity (Wildman–Crippen MR) is 97.0 cm³/mol. The van der Waals surface area contributed by atoms with Crippen molar-refractivity contribution >= 4 is 18.3 Å². The number of ether oxygens (including phenoxy) is 3. The Bertz CT molecular complexity index is 584. The molecule has 0 radical (unpaired) electrons. The smallest absolute Gasteiger partial charge is 0.231 e. The lowest BCUT2D eigenvalue weighted by Crippen LogP contribution is -2.36. The number of carbonyl (C=O) groups is 1. The number of benzene rings is 1. The molecule has 1 aliphatic heterocycles. The van der Waals surface area contributed by atoms with Gasteiger partial charge in [0, 0.05) is 32.7 Å². The first-order valence-corrected chi connectivity index (χ1v) is 8.58. The Hall–Kier alpha value is -1.50. The Morgan fingerprint density at radius 3 is 2.84 bits per heavy atom. The lowest BCUT2D eigenvalue weighted by molar-refractivity contribution is -0.133. The van der Waals surface area contributed by atoms with Gasteiger partial charge in [-0.15, -0.1) is 12.4 Å². The zero-order valence-electron chi connectivity index (χ0n) is 14.6. The zero-order valence-corrected chi connectivity index (χ0v) is 15.4. The number of carbonyl (C=O) groups excluding carboxylic acids is 1. The Morgan fingerprint density at radius 1 is 1.32 bits per heavy atom. The van der Waals surface area contributed by atoms with E-state index in [9.17, 15) is 4.79 Å². The maximum Gasteiger partial charge on any atom is 0.231 e. The molecule has 7 heteroatoms. The molecule has 6 nitrogen and oxygen atoms in total. The van der Waals surface area contributed by atoms with Crippen LogP contribution in [0, 0.1) is 5.92 Å². The maximum atomic E-state index is 12.7. The molecule has 0 bridgehead atoms. The van der Waals surface area contributed by atoms with Gasteiger partial charge in [-0.05, 0) is 36.5 Å². The van der Waals surface area contributed by atoms with Crippen LogP contribution in [0.5, 0.6) is 11.5 Å². The number of hydrogen-bond acceptors (Lipinski definition) is 5. The molecule has 3 rings (SSSR count). The van der Waals surface area contributed by atoms with Crippen molar-refractivity contribution in [2.75, 3.05) is 27.1 Å². The summed E-state index contributed by atoms with van der Waals surface area (Å²) in [6, 6.07) is 5.96. The number of fused-ring (bicyclic) bond motifs is 1. The molecule has 1 saturated carbocycles. The van der Waals surface area contributed by atoms with E-state index in [0.717, 1.165) is 36.3 Å². The molecular formula is C18H27ClN2O4. The molecule has 25 heavy (non-hydrogen) atoms. The van der Waals surface area contributed by atoms with Gasteiger partial charge in [-0.3, -0.25) is 4.79 Å². The summed E-state index contributed by atoms with van der Waals surface area (Å²) < 4.78 is 15.9. The summed E-state index contributed by atoms with van der Waals surface area (Å²) in [5, 5.41) is 0. The van der Waals surface area contributed by atoms with E-state index < -0.39 is 0 Å². The number of nitrogens with zero attached hydrogens (tertiary/aromatic N) is 1. The van der Waals surface area contributed by atoms with Crippen molar-refractivity contribution in [2.45, 2.75) is 38.3 Å². The molecule has 1 aliphatic carbocycles. The maximum absolute atomic E-state index is 12.7. The molecule has 140 valence electrons. The molecule has 1 heterocycles. The minimum Gasteiger partial charge on any atom is -0.454 e. The van der Waals surface area contributed by atoms with Gasteiger partial charge in [0.05, 0.1) is 6.61 Å². The molecule has 0 spiro atoms. The monoisotopic (exact) mass is 370 g/mol. The highest BCUT2D eigenvalue weighted by molar-refractivity contribution is 5.85. The molecule has 0 unspecified atom stereocenters. The Balaban J connectivity index is 0.00000225. The van der Waals surface area contributed by atoms with E-state index >= 15 is 0 Å². The fourth-order valence-electron chi connectivity index (χ4n) is 3.43. The van der Waals surface area contributed by atoms with Crippen molar-refractivity contribution in [3.8, 4) is 11.5 Å². The molecule has 0 saturated heterocycles. The molecule has 2 atom stereocenters. The summed E-state index contributed by atoms with van der Waals surface area (Å²) in [4.78, 5) is 14.6. The third kappa shape index (κ3) is 5.00. The predicted octanol–water partition coefficient (Wildman–Crippen LogP) is 2.33. The van der Waals surface area contributed by atoms with Gasteiger partial charge >= 0.3 is 0 Å². The van der Waals surface area contributed by atoms with Crippen LogP contribution in [0.1, 0.15) is 31.2 Å². The Kier molecular flexibility index (Phi) is 7.35. The van der Waals surface area contributed by atoms with Crippen molar-refractivity contribution in [2.24, 2.45) is 11.7 Å². The van der Waals surface area contributed by atoms with Crippen LogP contribution in [0.3, 0.4) is 0 Å². The van der Waals surface area contributed by atoms with Gasteiger partial charge in [-0.25, -0.2) is 0 Å². The second-order valence-corrected chi connectivity index (χ2v) is 6.55. The summed E-state index contributed by atoms with van der Waals surface area (Å²) in [6.07, 6.45) is 3.72. The van der Waals surface area contributed by atoms with Crippen molar-refractivity contribution in [1.29, 1.82) is 0 Å². The van der Waals surface area contributed by atoms with E-state index in [0.29, 0.717) is 32.0 Å². The average molecular weight is 371 g/mol. The van der Waals surface area contributed by atoms with Crippen molar-refractivity contribution in [1.82, 2.24) is 4.90 Å². The standard InChI is InChI=1S/C18H26N2O4.ClH/c1-22-8-7-20(18(21)10-14-3-2-4-15(14)19)11-13-5-6-16-17(9-13)24-12-23-16;/h5-6,9,14-15H,2-4,7-8,10-12,19H2,1H3;1H/t14-,15+;/m0./s1. The molecule has 1 amide bonds. The van der Waals surface area contributed by atoms with Gasteiger partial charge in [-0.2, -0.15) is 0 Å². The highest BCUT2D eigenvalue weighted by Gasteiger charge is 2.28. The fourth-order valence-corrected chi connectivity index (χ4v) is 3.43. The number of hydrogen-bond donors (Lipinski definition) is 1. The van der Waals surface area contributed by atoms with Crippen LogP contribution >= 0.6 is 12.4 Å².